The van der Waals surface area contributed by atoms with Gasteiger partial charge >= 0.3 is 6.09 Å². The van der Waals surface area contributed by atoms with Crippen LogP contribution in [0.1, 0.15) is 51.7 Å². The van der Waals surface area contributed by atoms with Gasteiger partial charge < -0.3 is 29.9 Å². The van der Waals surface area contributed by atoms with E-state index in [0.29, 0.717) is 68.8 Å². The number of likely N-dealkylation sites (tertiary alicyclic amines) is 2. The minimum absolute atomic E-state index is 0.0463. The highest BCUT2D eigenvalue weighted by Gasteiger charge is 2.52. The maximum atomic E-state index is 15.9. The lowest BCUT2D eigenvalue weighted by Gasteiger charge is -2.60. The van der Waals surface area contributed by atoms with Crippen molar-refractivity contribution in [3.63, 3.8) is 0 Å². The first-order valence-corrected chi connectivity index (χ1v) is 19.6. The van der Waals surface area contributed by atoms with E-state index in [9.17, 15) is 14.4 Å². The summed E-state index contributed by atoms with van der Waals surface area (Å²) in [6.45, 7) is 11.0. The van der Waals surface area contributed by atoms with E-state index in [1.54, 1.807) is 81.3 Å². The van der Waals surface area contributed by atoms with Crippen LogP contribution < -0.4 is 15.4 Å². The van der Waals surface area contributed by atoms with Gasteiger partial charge in [-0.15, -0.1) is 0 Å². The van der Waals surface area contributed by atoms with Crippen molar-refractivity contribution in [1.82, 2.24) is 30.0 Å². The van der Waals surface area contributed by atoms with Crippen molar-refractivity contribution in [2.75, 3.05) is 45.2 Å². The van der Waals surface area contributed by atoms with Gasteiger partial charge in [-0.1, -0.05) is 47.5 Å². The van der Waals surface area contributed by atoms with E-state index in [1.165, 1.54) is 7.11 Å². The molecule has 12 nitrogen and oxygen atoms in total. The monoisotopic (exact) mass is 817 g/mol. The van der Waals surface area contributed by atoms with Crippen molar-refractivity contribution in [3.8, 4) is 28.4 Å². The molecule has 0 radical (unpaired) electrons. The Hall–Kier alpha value is -4.98. The smallest absolute Gasteiger partial charge is 0.410 e. The van der Waals surface area contributed by atoms with Crippen molar-refractivity contribution in [3.05, 3.63) is 87.8 Å². The van der Waals surface area contributed by atoms with E-state index in [2.05, 4.69) is 20.5 Å². The summed E-state index contributed by atoms with van der Waals surface area (Å²) in [6, 6.07) is 15.8. The van der Waals surface area contributed by atoms with Crippen molar-refractivity contribution >= 4 is 52.5 Å². The van der Waals surface area contributed by atoms with E-state index in [1.807, 2.05) is 17.0 Å². The zero-order valence-electron chi connectivity index (χ0n) is 32.6. The van der Waals surface area contributed by atoms with E-state index in [4.69, 9.17) is 37.7 Å². The molecule has 3 aliphatic rings. The molecular weight excluding hydrogens is 772 g/mol. The molecule has 7 rings (SSSR count). The van der Waals surface area contributed by atoms with Crippen molar-refractivity contribution in [1.29, 1.82) is 0 Å². The molecule has 0 saturated carbocycles. The summed E-state index contributed by atoms with van der Waals surface area (Å²) < 4.78 is 27.3. The largest absolute Gasteiger partial charge is 0.481 e. The first-order valence-electron chi connectivity index (χ1n) is 18.9. The molecule has 0 bridgehead atoms. The van der Waals surface area contributed by atoms with Gasteiger partial charge in [0.05, 0.1) is 46.5 Å². The van der Waals surface area contributed by atoms with Crippen LogP contribution in [0, 0.1) is 11.2 Å². The molecule has 4 aromatic rings. The lowest BCUT2D eigenvalue weighted by Crippen LogP contribution is -2.72. The quantitative estimate of drug-likeness (QED) is 0.157. The van der Waals surface area contributed by atoms with E-state index in [0.717, 1.165) is 26.2 Å². The summed E-state index contributed by atoms with van der Waals surface area (Å²) >= 11 is 14.0. The summed E-state index contributed by atoms with van der Waals surface area (Å²) in [5, 5.41) is 6.70. The topological polar surface area (TPSA) is 129 Å². The zero-order valence-corrected chi connectivity index (χ0v) is 34.1. The van der Waals surface area contributed by atoms with Crippen molar-refractivity contribution < 1.29 is 28.2 Å². The van der Waals surface area contributed by atoms with Gasteiger partial charge in [0.2, 0.25) is 17.7 Å². The Morgan fingerprint density at radius 2 is 1.74 bits per heavy atom. The maximum absolute atomic E-state index is 15.9. The number of nitrogens with one attached hydrogen (secondary N) is 2. The average molecular weight is 819 g/mol. The number of pyridine rings is 2. The third kappa shape index (κ3) is 8.80. The fraction of sp³-hybridized carbons (Fsp3) is 0.405. The third-order valence-electron chi connectivity index (χ3n) is 10.4. The molecule has 1 atom stereocenters. The number of anilines is 2. The normalized spacial score (nSPS) is 17.4. The number of hydrogen-bond acceptors (Lipinski definition) is 9. The highest BCUT2D eigenvalue weighted by atomic mass is 35.5. The molecule has 3 amide bonds. The number of methoxy groups -OCH3 is 1. The van der Waals surface area contributed by atoms with Crippen LogP contribution in [0.3, 0.4) is 0 Å². The molecule has 5 heterocycles. The number of hydrogen-bond donors (Lipinski definition) is 2. The number of carbonyl (C=O) groups excluding carboxylic acids is 3. The van der Waals surface area contributed by atoms with E-state index < -0.39 is 11.7 Å². The number of rotatable bonds is 11. The van der Waals surface area contributed by atoms with Gasteiger partial charge in [-0.25, -0.2) is 14.2 Å². The van der Waals surface area contributed by atoms with Crippen molar-refractivity contribution in [2.45, 2.75) is 65.3 Å². The van der Waals surface area contributed by atoms with Crippen LogP contribution in [0.25, 0.3) is 22.5 Å². The molecule has 3 saturated heterocycles. The number of ether oxygens (including phenoxy) is 2. The summed E-state index contributed by atoms with van der Waals surface area (Å²) in [6.07, 6.45) is 2.12. The van der Waals surface area contributed by atoms with Crippen LogP contribution in [-0.4, -0.2) is 94.1 Å². The second-order valence-corrected chi connectivity index (χ2v) is 16.9. The second kappa shape index (κ2) is 16.1. The van der Waals surface area contributed by atoms with Gasteiger partial charge in [0.25, 0.3) is 0 Å². The van der Waals surface area contributed by atoms with Crippen LogP contribution in [0.2, 0.25) is 10.0 Å². The molecule has 2 N–H and O–H groups in total. The Kier molecular flexibility index (Phi) is 11.4. The number of benzene rings is 2. The number of amides is 3. The van der Waals surface area contributed by atoms with Gasteiger partial charge in [-0.3, -0.25) is 19.5 Å². The maximum Gasteiger partial charge on any atom is 0.410 e. The molecule has 3 fully saturated rings. The predicted molar refractivity (Wildman–Crippen MR) is 217 cm³/mol. The van der Waals surface area contributed by atoms with Gasteiger partial charge in [0.15, 0.2) is 5.82 Å². The number of halogens is 3. The van der Waals surface area contributed by atoms with Crippen LogP contribution in [0.5, 0.6) is 5.88 Å². The molecule has 15 heteroatoms. The Labute approximate surface area is 341 Å². The van der Waals surface area contributed by atoms with Crippen LogP contribution in [-0.2, 0) is 27.4 Å². The average Bonchev–Trinajstić information content (AvgIpc) is 3.54. The molecule has 2 aromatic heterocycles. The lowest BCUT2D eigenvalue weighted by molar-refractivity contribution is -0.157. The molecule has 300 valence electrons. The van der Waals surface area contributed by atoms with E-state index in [-0.39, 0.29) is 53.7 Å². The van der Waals surface area contributed by atoms with E-state index >= 15 is 4.39 Å². The van der Waals surface area contributed by atoms with Crippen LogP contribution in [0.15, 0.2) is 60.8 Å². The first kappa shape index (κ1) is 40.2. The summed E-state index contributed by atoms with van der Waals surface area (Å²) in [4.78, 5) is 51.8. The minimum atomic E-state index is -0.716. The Morgan fingerprint density at radius 3 is 2.42 bits per heavy atom. The summed E-state index contributed by atoms with van der Waals surface area (Å²) in [5.41, 5.74) is 3.39. The van der Waals surface area contributed by atoms with Gasteiger partial charge in [-0.05, 0) is 57.5 Å². The fourth-order valence-corrected chi connectivity index (χ4v) is 8.33. The molecule has 0 aliphatic carbocycles. The summed E-state index contributed by atoms with van der Waals surface area (Å²) in [5.74, 6) is -0.0259. The zero-order chi connectivity index (χ0) is 40.6. The van der Waals surface area contributed by atoms with Crippen molar-refractivity contribution in [2.24, 2.45) is 5.41 Å². The van der Waals surface area contributed by atoms with Crippen LogP contribution in [0.4, 0.5) is 20.6 Å². The SMILES string of the molecule is COc1nc(-c2ccnc(-c3cccc(Nc4cccc(CN5CC6(C5)CN(C(C)=O)C6)c4F)c3Cl)c2Cl)ccc1CN(C[C@@H]1CCC(=O)N1)C(=O)OC(C)(C)C. The highest BCUT2D eigenvalue weighted by molar-refractivity contribution is 6.39. The third-order valence-corrected chi connectivity index (χ3v) is 11.2. The van der Waals surface area contributed by atoms with Gasteiger partial charge in [0.1, 0.15) is 5.60 Å². The first-order chi connectivity index (χ1) is 27.1. The predicted octanol–water partition coefficient (Wildman–Crippen LogP) is 7.69. The molecule has 0 unspecified atom stereocenters. The molecule has 57 heavy (non-hydrogen) atoms. The van der Waals surface area contributed by atoms with Crippen LogP contribution >= 0.6 is 23.2 Å². The Balaban J connectivity index is 1.08. The highest BCUT2D eigenvalue weighted by Crippen LogP contribution is 2.43. The Morgan fingerprint density at radius 1 is 1.00 bits per heavy atom. The molecule has 2 aromatic carbocycles. The minimum Gasteiger partial charge on any atom is -0.481 e. The molecular formula is C42H46Cl2FN7O5. The lowest BCUT2D eigenvalue weighted by atomic mass is 9.72. The summed E-state index contributed by atoms with van der Waals surface area (Å²) in [7, 11) is 1.50. The number of carbonyl (C=O) groups is 3. The van der Waals surface area contributed by atoms with Gasteiger partial charge in [-0.2, -0.15) is 0 Å². The van der Waals surface area contributed by atoms with Gasteiger partial charge in [0, 0.05) is 92.5 Å². The second-order valence-electron chi connectivity index (χ2n) is 16.1. The Bertz CT molecular complexity index is 2200. The number of nitrogens with zero attached hydrogens (tertiary/aromatic N) is 5. The number of aromatic nitrogens is 2. The fourth-order valence-electron chi connectivity index (χ4n) is 7.76. The molecule has 1 spiro atoms. The molecule has 3 aliphatic heterocycles. The standard InChI is InChI=1S/C42H46Cl2FN7O5/c1-25(53)52-23-42(24-52)21-50(22-42)18-26-8-6-11-33(37(26)45)48-32-10-7-9-30(35(32)43)38-36(44)29(16-17-46-38)31-14-12-27(39(49-31)56-5)19-51(40(55)57-41(2,3)4)20-28-13-15-34(54)47-28/h6-12,14,16-17,28,48H,13,15,18-24H2,1-5H3,(H,47,54)/t28-/m0/s1.